The lowest BCUT2D eigenvalue weighted by molar-refractivity contribution is 0.295. The zero-order valence-corrected chi connectivity index (χ0v) is 7.41. The Hall–Kier alpha value is -2.24. The summed E-state index contributed by atoms with van der Waals surface area (Å²) < 4.78 is 0. The van der Waals surface area contributed by atoms with Crippen LogP contribution in [0, 0.1) is 0 Å². The van der Waals surface area contributed by atoms with E-state index in [1.54, 1.807) is 47.5 Å². The van der Waals surface area contributed by atoms with Gasteiger partial charge in [-0.05, 0) is 12.2 Å². The summed E-state index contributed by atoms with van der Waals surface area (Å²) >= 11 is 0. The predicted molar refractivity (Wildman–Crippen MR) is 54.4 cm³/mol. The summed E-state index contributed by atoms with van der Waals surface area (Å²) in [6, 6.07) is 0. The molecule has 0 saturated heterocycles. The molecule has 2 heterocycles. The Morgan fingerprint density at radius 3 is 1.71 bits per heavy atom. The second-order valence-corrected chi connectivity index (χ2v) is 2.49. The Labute approximate surface area is 81.5 Å². The van der Waals surface area contributed by atoms with Crippen LogP contribution in [0.4, 0.5) is 0 Å². The fraction of sp³-hybridized carbons (Fsp3) is 0. The van der Waals surface area contributed by atoms with Gasteiger partial charge in [0.05, 0.1) is 24.8 Å². The van der Waals surface area contributed by atoms with Crippen molar-refractivity contribution in [1.29, 1.82) is 0 Å². The highest BCUT2D eigenvalue weighted by Gasteiger charge is 1.96. The van der Waals surface area contributed by atoms with Gasteiger partial charge in [-0.2, -0.15) is 20.4 Å². The standard InChI is InChI=1S/C8H10N6/c1-3-9-13(10-4-1)7-8-14-11-5-2-6-12-14/h1-9,11H/b8-7+. The van der Waals surface area contributed by atoms with Crippen LogP contribution in [-0.4, -0.2) is 22.7 Å². The number of hydrazone groups is 2. The molecule has 0 unspecified atom stereocenters. The second-order valence-electron chi connectivity index (χ2n) is 2.49. The van der Waals surface area contributed by atoms with Crippen molar-refractivity contribution in [2.24, 2.45) is 10.2 Å². The summed E-state index contributed by atoms with van der Waals surface area (Å²) in [4.78, 5) is 0. The summed E-state index contributed by atoms with van der Waals surface area (Å²) in [7, 11) is 0. The van der Waals surface area contributed by atoms with Crippen molar-refractivity contribution in [3.05, 3.63) is 37.0 Å². The van der Waals surface area contributed by atoms with Crippen molar-refractivity contribution in [3.8, 4) is 0 Å². The second kappa shape index (κ2) is 4.13. The lowest BCUT2D eigenvalue weighted by atomic mass is 10.6. The van der Waals surface area contributed by atoms with Gasteiger partial charge < -0.3 is 0 Å². The minimum absolute atomic E-state index is 1.56. The molecule has 6 heteroatoms. The summed E-state index contributed by atoms with van der Waals surface area (Å²) in [5.41, 5.74) is 5.80. The van der Waals surface area contributed by atoms with Gasteiger partial charge in [-0.25, -0.2) is 0 Å². The zero-order valence-electron chi connectivity index (χ0n) is 7.41. The third kappa shape index (κ3) is 2.13. The summed E-state index contributed by atoms with van der Waals surface area (Å²) in [6.45, 7) is 0. The summed E-state index contributed by atoms with van der Waals surface area (Å²) in [6.07, 6.45) is 14.0. The molecule has 2 rings (SSSR count). The average molecular weight is 190 g/mol. The van der Waals surface area contributed by atoms with Gasteiger partial charge in [0, 0.05) is 12.4 Å². The molecular formula is C8H10N6. The Morgan fingerprint density at radius 1 is 0.857 bits per heavy atom. The molecule has 2 aliphatic heterocycles. The van der Waals surface area contributed by atoms with Crippen molar-refractivity contribution in [2.45, 2.75) is 0 Å². The van der Waals surface area contributed by atoms with E-state index in [0.717, 1.165) is 0 Å². The first-order valence-electron chi connectivity index (χ1n) is 4.12. The molecule has 0 spiro atoms. The Bertz CT molecular complexity index is 295. The molecule has 2 aliphatic rings. The number of hydrogen-bond acceptors (Lipinski definition) is 6. The number of nitrogens with zero attached hydrogens (tertiary/aromatic N) is 4. The fourth-order valence-corrected chi connectivity index (χ4v) is 0.902. The topological polar surface area (TPSA) is 55.3 Å². The lowest BCUT2D eigenvalue weighted by Gasteiger charge is -2.19. The largest absolute Gasteiger partial charge is 0.286 e. The molecule has 0 fully saturated rings. The third-order valence-corrected chi connectivity index (χ3v) is 1.51. The van der Waals surface area contributed by atoms with Crippen molar-refractivity contribution < 1.29 is 0 Å². The van der Waals surface area contributed by atoms with Crippen LogP contribution in [0.3, 0.4) is 0 Å². The minimum atomic E-state index is 1.56. The molecule has 72 valence electrons. The molecular weight excluding hydrogens is 180 g/mol. The average Bonchev–Trinajstić information content (AvgIpc) is 2.29. The van der Waals surface area contributed by atoms with Gasteiger partial charge in [0.15, 0.2) is 0 Å². The minimum Gasteiger partial charge on any atom is -0.286 e. The SMILES string of the molecule is C1=CNN(/C=C/N2N=CC=CN2)N=C1. The highest BCUT2D eigenvalue weighted by atomic mass is 15.7. The van der Waals surface area contributed by atoms with E-state index in [9.17, 15) is 0 Å². The van der Waals surface area contributed by atoms with Crippen LogP contribution in [0.5, 0.6) is 0 Å². The highest BCUT2D eigenvalue weighted by molar-refractivity contribution is 5.71. The van der Waals surface area contributed by atoms with E-state index in [2.05, 4.69) is 21.1 Å². The highest BCUT2D eigenvalue weighted by Crippen LogP contribution is 1.94. The molecule has 0 bridgehead atoms. The van der Waals surface area contributed by atoms with E-state index < -0.39 is 0 Å². The van der Waals surface area contributed by atoms with Crippen molar-refractivity contribution in [2.75, 3.05) is 0 Å². The van der Waals surface area contributed by atoms with E-state index in [4.69, 9.17) is 0 Å². The number of nitrogens with one attached hydrogen (secondary N) is 2. The van der Waals surface area contributed by atoms with Crippen LogP contribution in [0.2, 0.25) is 0 Å². The molecule has 0 radical (unpaired) electrons. The zero-order chi connectivity index (χ0) is 9.64. The Balaban J connectivity index is 1.87. The monoisotopic (exact) mass is 190 g/mol. The van der Waals surface area contributed by atoms with Gasteiger partial charge in [0.2, 0.25) is 0 Å². The van der Waals surface area contributed by atoms with Crippen LogP contribution >= 0.6 is 0 Å². The summed E-state index contributed by atoms with van der Waals surface area (Å²) in [5.74, 6) is 0. The van der Waals surface area contributed by atoms with Crippen molar-refractivity contribution in [1.82, 2.24) is 21.1 Å². The number of allylic oxidation sites excluding steroid dienone is 2. The van der Waals surface area contributed by atoms with Crippen LogP contribution < -0.4 is 10.9 Å². The first kappa shape index (κ1) is 8.36. The van der Waals surface area contributed by atoms with Crippen molar-refractivity contribution in [3.63, 3.8) is 0 Å². The maximum atomic E-state index is 4.01. The maximum Gasteiger partial charge on any atom is 0.0673 e. The number of hydrogen-bond donors (Lipinski definition) is 2. The third-order valence-electron chi connectivity index (χ3n) is 1.51. The van der Waals surface area contributed by atoms with E-state index in [0.29, 0.717) is 0 Å². The van der Waals surface area contributed by atoms with Crippen LogP contribution in [0.1, 0.15) is 0 Å². The van der Waals surface area contributed by atoms with Gasteiger partial charge in [-0.1, -0.05) is 0 Å². The molecule has 0 aromatic carbocycles. The molecule has 0 aliphatic carbocycles. The van der Waals surface area contributed by atoms with Crippen LogP contribution in [0.15, 0.2) is 47.2 Å². The molecule has 6 nitrogen and oxygen atoms in total. The van der Waals surface area contributed by atoms with E-state index >= 15 is 0 Å². The number of rotatable bonds is 2. The van der Waals surface area contributed by atoms with Gasteiger partial charge in [0.25, 0.3) is 0 Å². The molecule has 0 aromatic rings. The molecule has 0 aromatic heterocycles. The first-order chi connectivity index (χ1) is 6.95. The van der Waals surface area contributed by atoms with Crippen LogP contribution in [0.25, 0.3) is 0 Å². The first-order valence-corrected chi connectivity index (χ1v) is 4.12. The lowest BCUT2D eigenvalue weighted by Crippen LogP contribution is -2.29. The summed E-state index contributed by atoms with van der Waals surface area (Å²) in [5, 5.41) is 11.2. The molecule has 14 heavy (non-hydrogen) atoms. The van der Waals surface area contributed by atoms with Gasteiger partial charge in [-0.15, -0.1) is 0 Å². The van der Waals surface area contributed by atoms with Gasteiger partial charge in [-0.3, -0.25) is 10.9 Å². The van der Waals surface area contributed by atoms with Gasteiger partial charge >= 0.3 is 0 Å². The van der Waals surface area contributed by atoms with Crippen molar-refractivity contribution >= 4 is 12.4 Å². The normalized spacial score (nSPS) is 18.9. The predicted octanol–water partition coefficient (Wildman–Crippen LogP) is 0.0970. The molecule has 2 N–H and O–H groups in total. The van der Waals surface area contributed by atoms with E-state index in [-0.39, 0.29) is 0 Å². The smallest absolute Gasteiger partial charge is 0.0673 e. The fourth-order valence-electron chi connectivity index (χ4n) is 0.902. The van der Waals surface area contributed by atoms with E-state index in [1.165, 1.54) is 0 Å². The van der Waals surface area contributed by atoms with E-state index in [1.807, 2.05) is 12.2 Å². The Morgan fingerprint density at radius 2 is 1.36 bits per heavy atom. The molecule has 0 amide bonds. The number of hydrazine groups is 2. The Kier molecular flexibility index (Phi) is 2.46. The van der Waals surface area contributed by atoms with Crippen LogP contribution in [-0.2, 0) is 0 Å². The quantitative estimate of drug-likeness (QED) is 0.648. The molecule has 0 atom stereocenters. The molecule has 0 saturated carbocycles. The maximum absolute atomic E-state index is 4.01. The van der Waals surface area contributed by atoms with Gasteiger partial charge in [0.1, 0.15) is 0 Å².